The Morgan fingerprint density at radius 2 is 2.31 bits per heavy atom. The second-order valence-corrected chi connectivity index (χ2v) is 5.82. The van der Waals surface area contributed by atoms with Crippen LogP contribution in [0.1, 0.15) is 12.5 Å². The van der Waals surface area contributed by atoms with Crippen molar-refractivity contribution < 1.29 is 0 Å². The van der Waals surface area contributed by atoms with E-state index in [1.54, 1.807) is 0 Å². The molecule has 0 aromatic heterocycles. The summed E-state index contributed by atoms with van der Waals surface area (Å²) in [4.78, 5) is 2.39. The second-order valence-electron chi connectivity index (χ2n) is 4.00. The first kappa shape index (κ1) is 12.4. The minimum absolute atomic E-state index is 0.520. The first-order valence-electron chi connectivity index (χ1n) is 5.41. The van der Waals surface area contributed by atoms with Crippen LogP contribution in [0.2, 0.25) is 5.02 Å². The fourth-order valence-electron chi connectivity index (χ4n) is 2.05. The van der Waals surface area contributed by atoms with Gasteiger partial charge in [-0.3, -0.25) is 0 Å². The van der Waals surface area contributed by atoms with Crippen molar-refractivity contribution in [3.63, 3.8) is 0 Å². The lowest BCUT2D eigenvalue weighted by Gasteiger charge is -2.36. The van der Waals surface area contributed by atoms with Gasteiger partial charge in [-0.25, -0.2) is 0 Å². The van der Waals surface area contributed by atoms with Gasteiger partial charge in [-0.15, -0.1) is 11.6 Å². The van der Waals surface area contributed by atoms with E-state index in [1.165, 1.54) is 0 Å². The molecule has 1 aromatic rings. The van der Waals surface area contributed by atoms with E-state index < -0.39 is 0 Å². The van der Waals surface area contributed by atoms with Crippen LogP contribution in [-0.2, 0) is 5.88 Å². The van der Waals surface area contributed by atoms with E-state index in [0.29, 0.717) is 11.9 Å². The molecule has 88 valence electrons. The third-order valence-electron chi connectivity index (χ3n) is 2.87. The van der Waals surface area contributed by atoms with Gasteiger partial charge < -0.3 is 4.90 Å². The first-order valence-corrected chi connectivity index (χ1v) is 7.48. The highest BCUT2D eigenvalue weighted by Crippen LogP contribution is 2.34. The van der Waals surface area contributed by atoms with Crippen molar-refractivity contribution in [3.8, 4) is 0 Å². The van der Waals surface area contributed by atoms with Gasteiger partial charge in [0, 0.05) is 30.0 Å². The summed E-state index contributed by atoms with van der Waals surface area (Å²) in [5.41, 5.74) is 2.26. The van der Waals surface area contributed by atoms with Crippen molar-refractivity contribution >= 4 is 40.7 Å². The van der Waals surface area contributed by atoms with Crippen molar-refractivity contribution in [2.45, 2.75) is 18.8 Å². The number of alkyl halides is 1. The maximum Gasteiger partial charge on any atom is 0.0642 e. The molecule has 1 saturated heterocycles. The predicted octanol–water partition coefficient (Wildman–Crippen LogP) is 4.02. The Balaban J connectivity index is 2.37. The summed E-state index contributed by atoms with van der Waals surface area (Å²) in [6.45, 7) is 3.30. The smallest absolute Gasteiger partial charge is 0.0642 e. The minimum Gasteiger partial charge on any atom is -0.366 e. The quantitative estimate of drug-likeness (QED) is 0.750. The SMILES string of the molecule is CC1CSCCN1c1c(Cl)cccc1CCl. The van der Waals surface area contributed by atoms with Gasteiger partial charge in [0.25, 0.3) is 0 Å². The molecule has 0 saturated carbocycles. The number of thioether (sulfide) groups is 1. The summed E-state index contributed by atoms with van der Waals surface area (Å²) in [5.74, 6) is 2.84. The standard InChI is InChI=1S/C12H15Cl2NS/c1-9-8-16-6-5-15(9)12-10(7-13)3-2-4-11(12)14/h2-4,9H,5-8H2,1H3. The predicted molar refractivity (Wildman–Crippen MR) is 75.1 cm³/mol. The normalized spacial score (nSPS) is 21.2. The zero-order valence-corrected chi connectivity index (χ0v) is 11.6. The number of anilines is 1. The van der Waals surface area contributed by atoms with E-state index >= 15 is 0 Å². The molecule has 0 amide bonds. The van der Waals surface area contributed by atoms with Gasteiger partial charge >= 0.3 is 0 Å². The Morgan fingerprint density at radius 1 is 1.50 bits per heavy atom. The number of nitrogens with zero attached hydrogens (tertiary/aromatic N) is 1. The largest absolute Gasteiger partial charge is 0.366 e. The van der Waals surface area contributed by atoms with Crippen LogP contribution in [0.25, 0.3) is 0 Å². The summed E-state index contributed by atoms with van der Waals surface area (Å²) < 4.78 is 0. The van der Waals surface area contributed by atoms with E-state index in [-0.39, 0.29) is 0 Å². The Kier molecular flexibility index (Phi) is 4.28. The van der Waals surface area contributed by atoms with Gasteiger partial charge in [-0.05, 0) is 18.6 Å². The lowest BCUT2D eigenvalue weighted by atomic mass is 10.1. The molecular weight excluding hydrogens is 261 g/mol. The van der Waals surface area contributed by atoms with Crippen molar-refractivity contribution in [3.05, 3.63) is 28.8 Å². The third-order valence-corrected chi connectivity index (χ3v) is 4.65. The average Bonchev–Trinajstić information content (AvgIpc) is 2.30. The molecule has 1 unspecified atom stereocenters. The van der Waals surface area contributed by atoms with Crippen LogP contribution in [-0.4, -0.2) is 24.1 Å². The number of benzene rings is 1. The van der Waals surface area contributed by atoms with Crippen LogP contribution in [0.5, 0.6) is 0 Å². The van der Waals surface area contributed by atoms with Crippen LogP contribution in [0.15, 0.2) is 18.2 Å². The highest BCUT2D eigenvalue weighted by atomic mass is 35.5. The van der Waals surface area contributed by atoms with Gasteiger partial charge in [-0.1, -0.05) is 23.7 Å². The van der Waals surface area contributed by atoms with Crippen LogP contribution in [0.3, 0.4) is 0 Å². The van der Waals surface area contributed by atoms with Gasteiger partial charge in [0.05, 0.1) is 10.7 Å². The van der Waals surface area contributed by atoms with E-state index in [4.69, 9.17) is 23.2 Å². The van der Waals surface area contributed by atoms with E-state index in [9.17, 15) is 0 Å². The zero-order valence-electron chi connectivity index (χ0n) is 9.25. The topological polar surface area (TPSA) is 3.24 Å². The number of halogens is 2. The number of rotatable bonds is 2. The lowest BCUT2D eigenvalue weighted by molar-refractivity contribution is 0.697. The Morgan fingerprint density at radius 3 is 3.00 bits per heavy atom. The lowest BCUT2D eigenvalue weighted by Crippen LogP contribution is -2.41. The van der Waals surface area contributed by atoms with Crippen molar-refractivity contribution in [2.24, 2.45) is 0 Å². The molecule has 0 radical (unpaired) electrons. The molecule has 1 aromatic carbocycles. The molecule has 1 fully saturated rings. The molecular formula is C12H15Cl2NS. The molecule has 0 spiro atoms. The van der Waals surface area contributed by atoms with E-state index in [0.717, 1.165) is 34.3 Å². The van der Waals surface area contributed by atoms with Gasteiger partial charge in [-0.2, -0.15) is 11.8 Å². The van der Waals surface area contributed by atoms with Gasteiger partial charge in [0.2, 0.25) is 0 Å². The summed E-state index contributed by atoms with van der Waals surface area (Å²) in [7, 11) is 0. The van der Waals surface area contributed by atoms with Crippen molar-refractivity contribution in [1.82, 2.24) is 0 Å². The second kappa shape index (κ2) is 5.52. The molecule has 1 atom stereocenters. The average molecular weight is 276 g/mol. The molecule has 16 heavy (non-hydrogen) atoms. The number of hydrogen-bond acceptors (Lipinski definition) is 2. The van der Waals surface area contributed by atoms with Gasteiger partial charge in [0.1, 0.15) is 0 Å². The maximum absolute atomic E-state index is 6.30. The Hall–Kier alpha value is -0.0500. The molecule has 1 nitrogen and oxygen atoms in total. The number of hydrogen-bond donors (Lipinski definition) is 0. The molecule has 1 aliphatic heterocycles. The van der Waals surface area contributed by atoms with E-state index in [2.05, 4.69) is 17.9 Å². The third kappa shape index (κ3) is 2.44. The van der Waals surface area contributed by atoms with Crippen molar-refractivity contribution in [1.29, 1.82) is 0 Å². The first-order chi connectivity index (χ1) is 7.74. The molecule has 0 aliphatic carbocycles. The minimum atomic E-state index is 0.520. The monoisotopic (exact) mass is 275 g/mol. The molecule has 0 N–H and O–H groups in total. The summed E-state index contributed by atoms with van der Waals surface area (Å²) in [6, 6.07) is 6.50. The maximum atomic E-state index is 6.30. The zero-order chi connectivity index (χ0) is 11.5. The van der Waals surface area contributed by atoms with Crippen molar-refractivity contribution in [2.75, 3.05) is 23.0 Å². The number of para-hydroxylation sites is 1. The highest BCUT2D eigenvalue weighted by molar-refractivity contribution is 7.99. The fourth-order valence-corrected chi connectivity index (χ4v) is 3.58. The Labute approximate surface area is 111 Å². The molecule has 1 heterocycles. The fraction of sp³-hybridized carbons (Fsp3) is 0.500. The van der Waals surface area contributed by atoms with E-state index in [1.807, 2.05) is 23.9 Å². The summed E-state index contributed by atoms with van der Waals surface area (Å²) >= 11 is 14.3. The summed E-state index contributed by atoms with van der Waals surface area (Å²) in [5, 5.41) is 0.817. The Bertz CT molecular complexity index is 370. The van der Waals surface area contributed by atoms with Crippen LogP contribution < -0.4 is 4.90 Å². The molecule has 2 rings (SSSR count). The van der Waals surface area contributed by atoms with Gasteiger partial charge in [0.15, 0.2) is 0 Å². The molecule has 4 heteroatoms. The molecule has 0 bridgehead atoms. The van der Waals surface area contributed by atoms with Crippen LogP contribution in [0.4, 0.5) is 5.69 Å². The van der Waals surface area contributed by atoms with Crippen LogP contribution in [0, 0.1) is 0 Å². The van der Waals surface area contributed by atoms with Crippen LogP contribution >= 0.6 is 35.0 Å². The highest BCUT2D eigenvalue weighted by Gasteiger charge is 2.22. The summed E-state index contributed by atoms with van der Waals surface area (Å²) in [6.07, 6.45) is 0. The molecule has 1 aliphatic rings.